The first-order valence-electron chi connectivity index (χ1n) is 8.00. The van der Waals surface area contributed by atoms with Gasteiger partial charge < -0.3 is 10.2 Å². The second kappa shape index (κ2) is 7.63. The van der Waals surface area contributed by atoms with Gasteiger partial charge in [0.1, 0.15) is 6.04 Å². The lowest BCUT2D eigenvalue weighted by Crippen LogP contribution is -2.34. The molecule has 1 atom stereocenters. The molecule has 140 valence electrons. The quantitative estimate of drug-likeness (QED) is 0.771. The highest BCUT2D eigenvalue weighted by molar-refractivity contribution is 6.32. The first-order valence-corrected chi connectivity index (χ1v) is 8.38. The van der Waals surface area contributed by atoms with Crippen LogP contribution in [0.2, 0.25) is 5.02 Å². The van der Waals surface area contributed by atoms with Gasteiger partial charge in [-0.2, -0.15) is 18.3 Å². The van der Waals surface area contributed by atoms with Crippen molar-refractivity contribution in [2.75, 3.05) is 19.6 Å². The third-order valence-electron chi connectivity index (χ3n) is 4.17. The molecule has 1 fully saturated rings. The van der Waals surface area contributed by atoms with Crippen molar-refractivity contribution in [2.45, 2.75) is 45.3 Å². The Hall–Kier alpha value is -1.77. The maximum atomic E-state index is 12.8. The minimum atomic E-state index is -4.68. The molecule has 1 aliphatic rings. The summed E-state index contributed by atoms with van der Waals surface area (Å²) in [6, 6.07) is -0.929. The molecule has 0 unspecified atom stereocenters. The molecule has 2 heterocycles. The Kier molecular flexibility index (Phi) is 5.97. The molecule has 2 rings (SSSR count). The summed E-state index contributed by atoms with van der Waals surface area (Å²) in [6.45, 7) is 4.45. The van der Waals surface area contributed by atoms with Crippen LogP contribution in [0, 0.1) is 6.92 Å². The summed E-state index contributed by atoms with van der Waals surface area (Å²) in [6.07, 6.45) is -2.68. The highest BCUT2D eigenvalue weighted by Crippen LogP contribution is 2.36. The second-order valence-corrected chi connectivity index (χ2v) is 6.37. The molecule has 0 aromatic carbocycles. The molecular formula is C15H20ClF3N4O2. The Bertz CT molecular complexity index is 660. The number of halogens is 4. The summed E-state index contributed by atoms with van der Waals surface area (Å²) in [5.74, 6) is -0.343. The van der Waals surface area contributed by atoms with E-state index in [1.54, 1.807) is 4.90 Å². The van der Waals surface area contributed by atoms with Crippen molar-refractivity contribution in [1.82, 2.24) is 20.0 Å². The van der Waals surface area contributed by atoms with Crippen molar-refractivity contribution in [2.24, 2.45) is 0 Å². The Labute approximate surface area is 148 Å². The van der Waals surface area contributed by atoms with Crippen LogP contribution in [0.4, 0.5) is 13.2 Å². The Morgan fingerprint density at radius 2 is 2.12 bits per heavy atom. The van der Waals surface area contributed by atoms with E-state index in [0.29, 0.717) is 25.9 Å². The zero-order valence-corrected chi connectivity index (χ0v) is 14.7. The van der Waals surface area contributed by atoms with Crippen LogP contribution in [0.1, 0.15) is 43.6 Å². The van der Waals surface area contributed by atoms with Gasteiger partial charge >= 0.3 is 6.18 Å². The number of hydrogen-bond donors (Lipinski definition) is 1. The van der Waals surface area contributed by atoms with Crippen LogP contribution in [0.15, 0.2) is 0 Å². The van der Waals surface area contributed by atoms with E-state index in [9.17, 15) is 22.8 Å². The van der Waals surface area contributed by atoms with E-state index >= 15 is 0 Å². The number of nitrogens with zero attached hydrogens (tertiary/aromatic N) is 3. The number of nitrogens with one attached hydrogen (secondary N) is 1. The lowest BCUT2D eigenvalue weighted by molar-refractivity contribution is -0.142. The molecule has 1 N–H and O–H groups in total. The van der Waals surface area contributed by atoms with E-state index in [4.69, 9.17) is 11.6 Å². The number of likely N-dealkylation sites (tertiary alicyclic amines) is 1. The van der Waals surface area contributed by atoms with E-state index in [-0.39, 0.29) is 11.6 Å². The molecular weight excluding hydrogens is 361 g/mol. The zero-order chi connectivity index (χ0) is 18.8. The standard InChI is InChI=1S/C15H20ClF3N4O2/c1-9-12(16)13(15(17,18)19)21-23(9)10(2)14(25)20-6-4-8-22-7-3-5-11(22)24/h10H,3-8H2,1-2H3,(H,20,25)/t10-/m1/s1. The third kappa shape index (κ3) is 4.45. The van der Waals surface area contributed by atoms with Gasteiger partial charge in [-0.15, -0.1) is 0 Å². The average molecular weight is 381 g/mol. The molecule has 0 spiro atoms. The van der Waals surface area contributed by atoms with Crippen LogP contribution in [0.25, 0.3) is 0 Å². The number of alkyl halides is 3. The molecule has 1 aliphatic heterocycles. The van der Waals surface area contributed by atoms with Gasteiger partial charge in [-0.05, 0) is 26.7 Å². The van der Waals surface area contributed by atoms with Gasteiger partial charge in [-0.3, -0.25) is 14.3 Å². The molecule has 0 bridgehead atoms. The molecule has 25 heavy (non-hydrogen) atoms. The van der Waals surface area contributed by atoms with E-state index in [2.05, 4.69) is 10.4 Å². The minimum absolute atomic E-state index is 0.0827. The number of aromatic nitrogens is 2. The lowest BCUT2D eigenvalue weighted by Gasteiger charge is -2.17. The SMILES string of the molecule is Cc1c(Cl)c(C(F)(F)F)nn1[C@H](C)C(=O)NCCCN1CCCC1=O. The van der Waals surface area contributed by atoms with Crippen molar-refractivity contribution in [3.8, 4) is 0 Å². The summed E-state index contributed by atoms with van der Waals surface area (Å²) < 4.78 is 39.5. The number of carbonyl (C=O) groups excluding carboxylic acids is 2. The normalized spacial score (nSPS) is 16.4. The van der Waals surface area contributed by atoms with Crippen LogP contribution in [0.5, 0.6) is 0 Å². The maximum Gasteiger partial charge on any atom is 0.436 e. The van der Waals surface area contributed by atoms with Gasteiger partial charge in [0.15, 0.2) is 5.69 Å². The van der Waals surface area contributed by atoms with Crippen LogP contribution in [0.3, 0.4) is 0 Å². The van der Waals surface area contributed by atoms with Gasteiger partial charge in [0.2, 0.25) is 11.8 Å². The summed E-state index contributed by atoms with van der Waals surface area (Å²) >= 11 is 5.69. The Morgan fingerprint density at radius 3 is 2.64 bits per heavy atom. The van der Waals surface area contributed by atoms with Gasteiger partial charge in [0, 0.05) is 26.1 Å². The predicted octanol–water partition coefficient (Wildman–Crippen LogP) is 2.55. The topological polar surface area (TPSA) is 67.2 Å². The first kappa shape index (κ1) is 19.6. The number of amides is 2. The lowest BCUT2D eigenvalue weighted by atomic mass is 10.3. The molecule has 6 nitrogen and oxygen atoms in total. The predicted molar refractivity (Wildman–Crippen MR) is 85.1 cm³/mol. The van der Waals surface area contributed by atoms with Crippen LogP contribution >= 0.6 is 11.6 Å². The highest BCUT2D eigenvalue weighted by atomic mass is 35.5. The van der Waals surface area contributed by atoms with Gasteiger partial charge in [-0.25, -0.2) is 0 Å². The number of rotatable bonds is 6. The van der Waals surface area contributed by atoms with E-state index in [0.717, 1.165) is 17.6 Å². The average Bonchev–Trinajstić information content (AvgIpc) is 3.07. The van der Waals surface area contributed by atoms with E-state index in [1.807, 2.05) is 0 Å². The van der Waals surface area contributed by atoms with Crippen LogP contribution in [-0.4, -0.2) is 46.1 Å². The minimum Gasteiger partial charge on any atom is -0.354 e. The van der Waals surface area contributed by atoms with E-state index in [1.165, 1.54) is 13.8 Å². The fraction of sp³-hybridized carbons (Fsp3) is 0.667. The van der Waals surface area contributed by atoms with Crippen LogP contribution < -0.4 is 5.32 Å². The molecule has 0 aliphatic carbocycles. The van der Waals surface area contributed by atoms with Crippen molar-refractivity contribution in [3.05, 3.63) is 16.4 Å². The largest absolute Gasteiger partial charge is 0.436 e. The smallest absolute Gasteiger partial charge is 0.354 e. The van der Waals surface area contributed by atoms with Crippen molar-refractivity contribution in [3.63, 3.8) is 0 Å². The summed E-state index contributed by atoms with van der Waals surface area (Å²) in [5, 5.41) is 5.60. The highest BCUT2D eigenvalue weighted by Gasteiger charge is 2.39. The monoisotopic (exact) mass is 380 g/mol. The van der Waals surface area contributed by atoms with Gasteiger partial charge in [-0.1, -0.05) is 11.6 Å². The van der Waals surface area contributed by atoms with Crippen molar-refractivity contribution >= 4 is 23.4 Å². The molecule has 1 saturated heterocycles. The fourth-order valence-electron chi connectivity index (χ4n) is 2.74. The molecule has 1 aromatic heterocycles. The van der Waals surface area contributed by atoms with E-state index < -0.39 is 28.8 Å². The second-order valence-electron chi connectivity index (χ2n) is 6.00. The van der Waals surface area contributed by atoms with Crippen molar-refractivity contribution in [1.29, 1.82) is 0 Å². The number of carbonyl (C=O) groups is 2. The Balaban J connectivity index is 1.90. The summed E-state index contributed by atoms with van der Waals surface area (Å²) in [7, 11) is 0. The molecule has 10 heteroatoms. The molecule has 2 amide bonds. The van der Waals surface area contributed by atoms with Crippen LogP contribution in [-0.2, 0) is 15.8 Å². The third-order valence-corrected chi connectivity index (χ3v) is 4.62. The van der Waals surface area contributed by atoms with Crippen molar-refractivity contribution < 1.29 is 22.8 Å². The van der Waals surface area contributed by atoms with Gasteiger partial charge in [0.05, 0.1) is 10.7 Å². The molecule has 0 saturated carbocycles. The number of hydrogen-bond acceptors (Lipinski definition) is 3. The summed E-state index contributed by atoms with van der Waals surface area (Å²) in [5.41, 5.74) is -1.11. The maximum absolute atomic E-state index is 12.8. The Morgan fingerprint density at radius 1 is 1.44 bits per heavy atom. The van der Waals surface area contributed by atoms with Gasteiger partial charge in [0.25, 0.3) is 0 Å². The molecule has 0 radical (unpaired) electrons. The fourth-order valence-corrected chi connectivity index (χ4v) is 2.97. The molecule has 1 aromatic rings. The zero-order valence-electron chi connectivity index (χ0n) is 14.0. The summed E-state index contributed by atoms with van der Waals surface area (Å²) in [4.78, 5) is 25.4. The first-order chi connectivity index (χ1) is 11.6.